The smallest absolute Gasteiger partial charge is 0.309 e. The predicted molar refractivity (Wildman–Crippen MR) is 133 cm³/mol. The Labute approximate surface area is 208 Å². The van der Waals surface area contributed by atoms with Gasteiger partial charge < -0.3 is 24.3 Å². The van der Waals surface area contributed by atoms with Gasteiger partial charge in [0, 0.05) is 38.3 Å². The van der Waals surface area contributed by atoms with Crippen molar-refractivity contribution in [3.8, 4) is 11.5 Å². The molecule has 0 unspecified atom stereocenters. The zero-order chi connectivity index (χ0) is 24.6. The van der Waals surface area contributed by atoms with Gasteiger partial charge in [0.05, 0.1) is 25.0 Å². The number of ether oxygens (including phenoxy) is 2. The zero-order valence-electron chi connectivity index (χ0n) is 21.3. The number of aliphatic carboxylic acids is 1. The third-order valence-electron chi connectivity index (χ3n) is 8.28. The highest BCUT2D eigenvalue weighted by Gasteiger charge is 2.51. The Kier molecular flexibility index (Phi) is 6.59. The molecule has 2 saturated heterocycles. The van der Waals surface area contributed by atoms with Gasteiger partial charge in [0.2, 0.25) is 0 Å². The van der Waals surface area contributed by atoms with Gasteiger partial charge in [-0.2, -0.15) is 0 Å². The molecule has 1 spiro atoms. The van der Waals surface area contributed by atoms with Gasteiger partial charge in [-0.15, -0.1) is 0 Å². The van der Waals surface area contributed by atoms with Gasteiger partial charge in [-0.3, -0.25) is 9.69 Å². The summed E-state index contributed by atoms with van der Waals surface area (Å²) in [6.45, 7) is 11.2. The normalized spacial score (nSPS) is 23.3. The SMILES string of the molecule is CCOc1cc(CN2CC3(CC(N4CCC(C)(C(=O)O)CC4)=NO3)C2)cc(OCC)c1C1CCC1. The summed E-state index contributed by atoms with van der Waals surface area (Å²) in [4.78, 5) is 22.1. The zero-order valence-corrected chi connectivity index (χ0v) is 21.3. The number of hydrogen-bond donors (Lipinski definition) is 1. The van der Waals surface area contributed by atoms with Crippen molar-refractivity contribution in [2.45, 2.75) is 77.4 Å². The standard InChI is InChI=1S/C27H39N3O5/c1-4-33-21-13-19(14-22(34-5-2)24(21)20-7-6-8-20)16-29-17-27(18-29)15-23(28-35-27)30-11-9-26(3,10-12-30)25(31)32/h13-14,20H,4-12,15-18H2,1-3H3,(H,31,32). The van der Waals surface area contributed by atoms with Crippen LogP contribution >= 0.6 is 0 Å². The lowest BCUT2D eigenvalue weighted by molar-refractivity contribution is -0.150. The summed E-state index contributed by atoms with van der Waals surface area (Å²) in [6, 6.07) is 4.41. The van der Waals surface area contributed by atoms with Gasteiger partial charge in [0.15, 0.2) is 5.60 Å². The molecule has 1 N–H and O–H groups in total. The van der Waals surface area contributed by atoms with E-state index in [1.54, 1.807) is 0 Å². The second-order valence-electron chi connectivity index (χ2n) is 11.0. The second-order valence-corrected chi connectivity index (χ2v) is 11.0. The molecule has 0 atom stereocenters. The second kappa shape index (κ2) is 9.52. The number of rotatable bonds is 8. The van der Waals surface area contributed by atoms with Gasteiger partial charge in [0.25, 0.3) is 0 Å². The first-order chi connectivity index (χ1) is 16.8. The lowest BCUT2D eigenvalue weighted by Crippen LogP contribution is -2.61. The number of carboxylic acids is 1. The molecule has 1 aromatic rings. The Morgan fingerprint density at radius 3 is 2.29 bits per heavy atom. The maximum Gasteiger partial charge on any atom is 0.309 e. The molecule has 0 aromatic heterocycles. The number of nitrogens with zero attached hydrogens (tertiary/aromatic N) is 3. The molecule has 1 aromatic carbocycles. The molecule has 4 aliphatic rings. The largest absolute Gasteiger partial charge is 0.493 e. The van der Waals surface area contributed by atoms with E-state index < -0.39 is 11.4 Å². The number of likely N-dealkylation sites (tertiary alicyclic amines) is 2. The van der Waals surface area contributed by atoms with Gasteiger partial charge >= 0.3 is 5.97 Å². The first kappa shape index (κ1) is 24.2. The number of carboxylic acid groups (broad SMARTS) is 1. The van der Waals surface area contributed by atoms with Crippen molar-refractivity contribution in [1.29, 1.82) is 0 Å². The van der Waals surface area contributed by atoms with E-state index in [0.717, 1.165) is 56.5 Å². The van der Waals surface area contributed by atoms with Crippen molar-refractivity contribution in [2.24, 2.45) is 10.6 Å². The summed E-state index contributed by atoms with van der Waals surface area (Å²) in [5, 5.41) is 13.9. The van der Waals surface area contributed by atoms with Crippen LogP contribution in [0.3, 0.4) is 0 Å². The number of amidine groups is 1. The molecule has 35 heavy (non-hydrogen) atoms. The third-order valence-corrected chi connectivity index (χ3v) is 8.28. The minimum Gasteiger partial charge on any atom is -0.493 e. The van der Waals surface area contributed by atoms with Crippen LogP contribution in [-0.2, 0) is 16.2 Å². The molecular weight excluding hydrogens is 446 g/mol. The van der Waals surface area contributed by atoms with E-state index in [2.05, 4.69) is 27.1 Å². The fourth-order valence-corrected chi connectivity index (χ4v) is 5.85. The molecular formula is C27H39N3O5. The van der Waals surface area contributed by atoms with E-state index in [1.165, 1.54) is 30.4 Å². The van der Waals surface area contributed by atoms with Gasteiger partial charge in [0.1, 0.15) is 17.3 Å². The minimum atomic E-state index is -0.700. The third kappa shape index (κ3) is 4.69. The average Bonchev–Trinajstić information content (AvgIpc) is 3.21. The van der Waals surface area contributed by atoms with Crippen molar-refractivity contribution < 1.29 is 24.2 Å². The molecule has 0 amide bonds. The lowest BCUT2D eigenvalue weighted by Gasteiger charge is -2.46. The van der Waals surface area contributed by atoms with Crippen LogP contribution in [0.2, 0.25) is 0 Å². The molecule has 8 nitrogen and oxygen atoms in total. The molecule has 1 aliphatic carbocycles. The van der Waals surface area contributed by atoms with E-state index in [0.29, 0.717) is 32.0 Å². The molecule has 3 fully saturated rings. The van der Waals surface area contributed by atoms with E-state index in [-0.39, 0.29) is 5.60 Å². The summed E-state index contributed by atoms with van der Waals surface area (Å²) in [5.41, 5.74) is 1.58. The molecule has 5 rings (SSSR count). The average molecular weight is 486 g/mol. The van der Waals surface area contributed by atoms with Crippen molar-refractivity contribution in [3.63, 3.8) is 0 Å². The fourth-order valence-electron chi connectivity index (χ4n) is 5.85. The predicted octanol–water partition coefficient (Wildman–Crippen LogP) is 4.23. The van der Waals surface area contributed by atoms with Crippen molar-refractivity contribution in [2.75, 3.05) is 39.4 Å². The number of hydrogen-bond acceptors (Lipinski definition) is 7. The quantitative estimate of drug-likeness (QED) is 0.590. The van der Waals surface area contributed by atoms with Crippen molar-refractivity contribution in [1.82, 2.24) is 9.80 Å². The van der Waals surface area contributed by atoms with E-state index in [1.807, 2.05) is 20.8 Å². The summed E-state index contributed by atoms with van der Waals surface area (Å²) >= 11 is 0. The molecule has 192 valence electrons. The Morgan fingerprint density at radius 2 is 1.77 bits per heavy atom. The maximum absolute atomic E-state index is 11.5. The van der Waals surface area contributed by atoms with Crippen LogP contribution < -0.4 is 9.47 Å². The lowest BCUT2D eigenvalue weighted by atomic mass is 9.78. The van der Waals surface area contributed by atoms with E-state index in [9.17, 15) is 9.90 Å². The number of piperidine rings is 1. The number of carbonyl (C=O) groups is 1. The first-order valence-corrected chi connectivity index (χ1v) is 13.2. The monoisotopic (exact) mass is 485 g/mol. The van der Waals surface area contributed by atoms with Crippen LogP contribution in [0, 0.1) is 5.41 Å². The van der Waals surface area contributed by atoms with Crippen LogP contribution in [-0.4, -0.2) is 71.7 Å². The Balaban J connectivity index is 1.19. The highest BCUT2D eigenvalue weighted by molar-refractivity contribution is 5.85. The topological polar surface area (TPSA) is 83.8 Å². The van der Waals surface area contributed by atoms with Gasteiger partial charge in [-0.05, 0) is 70.1 Å². The van der Waals surface area contributed by atoms with Crippen LogP contribution in [0.1, 0.15) is 76.3 Å². The molecule has 0 radical (unpaired) electrons. The molecule has 3 aliphatic heterocycles. The van der Waals surface area contributed by atoms with Crippen molar-refractivity contribution >= 4 is 11.8 Å². The number of oxime groups is 1. The number of benzene rings is 1. The van der Waals surface area contributed by atoms with E-state index >= 15 is 0 Å². The van der Waals surface area contributed by atoms with Crippen LogP contribution in [0.4, 0.5) is 0 Å². The summed E-state index contributed by atoms with van der Waals surface area (Å²) in [5.74, 6) is 2.78. The first-order valence-electron chi connectivity index (χ1n) is 13.2. The fraction of sp³-hybridized carbons (Fsp3) is 0.704. The highest BCUT2D eigenvalue weighted by Crippen LogP contribution is 2.47. The van der Waals surface area contributed by atoms with Crippen LogP contribution in [0.5, 0.6) is 11.5 Å². The Bertz CT molecular complexity index is 948. The minimum absolute atomic E-state index is 0.250. The summed E-state index contributed by atoms with van der Waals surface area (Å²) < 4.78 is 12.1. The molecule has 8 heteroatoms. The molecule has 1 saturated carbocycles. The van der Waals surface area contributed by atoms with Gasteiger partial charge in [-0.1, -0.05) is 11.6 Å². The Morgan fingerprint density at radius 1 is 1.14 bits per heavy atom. The molecule has 0 bridgehead atoms. The summed E-state index contributed by atoms with van der Waals surface area (Å²) in [7, 11) is 0. The van der Waals surface area contributed by atoms with Gasteiger partial charge in [-0.25, -0.2) is 0 Å². The molecule has 3 heterocycles. The van der Waals surface area contributed by atoms with Crippen LogP contribution in [0.15, 0.2) is 17.3 Å². The highest BCUT2D eigenvalue weighted by atomic mass is 16.7. The maximum atomic E-state index is 11.5. The van der Waals surface area contributed by atoms with E-state index in [4.69, 9.17) is 14.3 Å². The Hall–Kier alpha value is -2.48. The summed E-state index contributed by atoms with van der Waals surface area (Å²) in [6.07, 6.45) is 5.77. The van der Waals surface area contributed by atoms with Crippen molar-refractivity contribution in [3.05, 3.63) is 23.3 Å². The van der Waals surface area contributed by atoms with Crippen LogP contribution in [0.25, 0.3) is 0 Å².